The van der Waals surface area contributed by atoms with Gasteiger partial charge in [0.2, 0.25) is 0 Å². The van der Waals surface area contributed by atoms with Crippen molar-refractivity contribution in [3.8, 4) is 0 Å². The zero-order chi connectivity index (χ0) is 10.5. The summed E-state index contributed by atoms with van der Waals surface area (Å²) in [6.07, 6.45) is 5.08. The Morgan fingerprint density at radius 3 is 3.27 bits per heavy atom. The van der Waals surface area contributed by atoms with Gasteiger partial charge in [0.1, 0.15) is 5.82 Å². The van der Waals surface area contributed by atoms with Crippen LogP contribution < -0.4 is 5.32 Å². The molecular weight excluding hydrogens is 190 g/mol. The third kappa shape index (κ3) is 3.04. The number of aryl methyl sites for hydroxylation is 1. The van der Waals surface area contributed by atoms with Crippen molar-refractivity contribution in [3.05, 3.63) is 18.2 Å². The number of imidazole rings is 1. The minimum absolute atomic E-state index is 0.717. The highest BCUT2D eigenvalue weighted by Crippen LogP contribution is 2.07. The third-order valence-electron chi connectivity index (χ3n) is 2.92. The van der Waals surface area contributed by atoms with Crippen LogP contribution in [0.5, 0.6) is 0 Å². The van der Waals surface area contributed by atoms with Crippen molar-refractivity contribution in [2.75, 3.05) is 26.3 Å². The lowest BCUT2D eigenvalue weighted by Gasteiger charge is -2.10. The first-order chi connectivity index (χ1) is 7.36. The lowest BCUT2D eigenvalue weighted by molar-refractivity contribution is 0.0981. The van der Waals surface area contributed by atoms with Crippen LogP contribution in [0.25, 0.3) is 0 Å². The van der Waals surface area contributed by atoms with Crippen molar-refractivity contribution in [3.63, 3.8) is 0 Å². The summed E-state index contributed by atoms with van der Waals surface area (Å²) in [5.74, 6) is 1.77. The molecule has 0 spiro atoms. The molecule has 0 saturated carbocycles. The number of hydrogen-bond acceptors (Lipinski definition) is 3. The second kappa shape index (κ2) is 5.28. The van der Waals surface area contributed by atoms with E-state index in [1.807, 2.05) is 19.3 Å². The first-order valence-corrected chi connectivity index (χ1v) is 5.62. The van der Waals surface area contributed by atoms with Crippen molar-refractivity contribution in [2.24, 2.45) is 5.92 Å². The van der Waals surface area contributed by atoms with Crippen molar-refractivity contribution >= 4 is 0 Å². The maximum absolute atomic E-state index is 5.66. The monoisotopic (exact) mass is 209 g/mol. The summed E-state index contributed by atoms with van der Waals surface area (Å²) in [7, 11) is 0. The van der Waals surface area contributed by atoms with Crippen LogP contribution >= 0.6 is 0 Å². The van der Waals surface area contributed by atoms with Gasteiger partial charge in [-0.3, -0.25) is 0 Å². The highest BCUT2D eigenvalue weighted by molar-refractivity contribution is 4.87. The molecule has 1 fully saturated rings. The molecule has 1 atom stereocenters. The fraction of sp³-hybridized carbons (Fsp3) is 0.727. The van der Waals surface area contributed by atoms with Crippen molar-refractivity contribution in [1.29, 1.82) is 0 Å². The van der Waals surface area contributed by atoms with Crippen molar-refractivity contribution in [1.82, 2.24) is 14.9 Å². The molecule has 4 nitrogen and oxygen atoms in total. The number of ether oxygens (including phenoxy) is 1. The van der Waals surface area contributed by atoms with E-state index >= 15 is 0 Å². The van der Waals surface area contributed by atoms with Crippen LogP contribution in [0.3, 0.4) is 0 Å². The highest BCUT2D eigenvalue weighted by Gasteiger charge is 2.13. The molecule has 0 bridgehead atoms. The molecule has 1 aromatic heterocycles. The van der Waals surface area contributed by atoms with Crippen LogP contribution in [0.15, 0.2) is 12.4 Å². The number of nitrogens with one attached hydrogen (secondary N) is 1. The van der Waals surface area contributed by atoms with Crippen LogP contribution in [0, 0.1) is 12.8 Å². The van der Waals surface area contributed by atoms with Gasteiger partial charge in [0.25, 0.3) is 0 Å². The zero-order valence-electron chi connectivity index (χ0n) is 9.28. The van der Waals surface area contributed by atoms with Gasteiger partial charge in [-0.1, -0.05) is 0 Å². The smallest absolute Gasteiger partial charge is 0.105 e. The van der Waals surface area contributed by atoms with Crippen molar-refractivity contribution in [2.45, 2.75) is 19.9 Å². The molecule has 2 heterocycles. The summed E-state index contributed by atoms with van der Waals surface area (Å²) in [6, 6.07) is 0. The van der Waals surface area contributed by atoms with Gasteiger partial charge in [-0.15, -0.1) is 0 Å². The fourth-order valence-electron chi connectivity index (χ4n) is 1.91. The highest BCUT2D eigenvalue weighted by atomic mass is 16.5. The quantitative estimate of drug-likeness (QED) is 0.730. The number of hydrogen-bond donors (Lipinski definition) is 1. The summed E-state index contributed by atoms with van der Waals surface area (Å²) >= 11 is 0. The Morgan fingerprint density at radius 1 is 1.67 bits per heavy atom. The predicted octanol–water partition coefficient (Wildman–Crippen LogP) is 0.818. The third-order valence-corrected chi connectivity index (χ3v) is 2.92. The van der Waals surface area contributed by atoms with Gasteiger partial charge in [-0.25, -0.2) is 4.98 Å². The second-order valence-corrected chi connectivity index (χ2v) is 4.10. The van der Waals surface area contributed by atoms with Gasteiger partial charge < -0.3 is 14.6 Å². The van der Waals surface area contributed by atoms with E-state index in [1.165, 1.54) is 6.42 Å². The molecule has 0 aromatic carbocycles. The standard InChI is InChI=1S/C11H19N3O/c1-10-13-4-5-14(10)6-7-15-9-11-2-3-12-8-11/h4-5,11-12H,2-3,6-9H2,1H3. The van der Waals surface area contributed by atoms with E-state index in [0.717, 1.165) is 38.7 Å². The van der Waals surface area contributed by atoms with Crippen LogP contribution in [0.1, 0.15) is 12.2 Å². The van der Waals surface area contributed by atoms with Crippen molar-refractivity contribution < 1.29 is 4.74 Å². The maximum Gasteiger partial charge on any atom is 0.105 e. The largest absolute Gasteiger partial charge is 0.379 e. The Balaban J connectivity index is 1.60. The molecule has 1 N–H and O–H groups in total. The SMILES string of the molecule is Cc1nccn1CCOCC1CCNC1. The first kappa shape index (κ1) is 10.6. The van der Waals surface area contributed by atoms with Gasteiger partial charge in [-0.05, 0) is 25.8 Å². The van der Waals surface area contributed by atoms with E-state index in [-0.39, 0.29) is 0 Å². The van der Waals surface area contributed by atoms with Crippen LogP contribution in [0.4, 0.5) is 0 Å². The summed E-state index contributed by atoms with van der Waals surface area (Å²) < 4.78 is 7.78. The minimum Gasteiger partial charge on any atom is -0.379 e. The molecule has 1 aromatic rings. The summed E-state index contributed by atoms with van der Waals surface area (Å²) in [4.78, 5) is 4.17. The average molecular weight is 209 g/mol. The number of aromatic nitrogens is 2. The molecular formula is C11H19N3O. The summed E-state index contributed by atoms with van der Waals surface area (Å²) in [6.45, 7) is 6.86. The molecule has 0 amide bonds. The summed E-state index contributed by atoms with van der Waals surface area (Å²) in [5, 5.41) is 3.34. The molecule has 0 radical (unpaired) electrons. The van der Waals surface area contributed by atoms with Crippen LogP contribution in [0.2, 0.25) is 0 Å². The first-order valence-electron chi connectivity index (χ1n) is 5.62. The lowest BCUT2D eigenvalue weighted by atomic mass is 10.1. The van der Waals surface area contributed by atoms with Gasteiger partial charge in [0, 0.05) is 25.5 Å². The van der Waals surface area contributed by atoms with E-state index in [4.69, 9.17) is 4.74 Å². The number of rotatable bonds is 5. The maximum atomic E-state index is 5.66. The van der Waals surface area contributed by atoms with Gasteiger partial charge >= 0.3 is 0 Å². The van der Waals surface area contributed by atoms with Gasteiger partial charge in [-0.2, -0.15) is 0 Å². The van der Waals surface area contributed by atoms with E-state index < -0.39 is 0 Å². The van der Waals surface area contributed by atoms with E-state index in [1.54, 1.807) is 0 Å². The normalized spacial score (nSPS) is 21.0. The van der Waals surface area contributed by atoms with E-state index in [2.05, 4.69) is 14.9 Å². The summed E-state index contributed by atoms with van der Waals surface area (Å²) in [5.41, 5.74) is 0. The lowest BCUT2D eigenvalue weighted by Crippen LogP contribution is -2.16. The molecule has 1 aliphatic rings. The zero-order valence-corrected chi connectivity index (χ0v) is 9.28. The average Bonchev–Trinajstić information content (AvgIpc) is 2.85. The van der Waals surface area contributed by atoms with Crippen LogP contribution in [-0.4, -0.2) is 35.9 Å². The van der Waals surface area contributed by atoms with E-state index in [9.17, 15) is 0 Å². The molecule has 1 aliphatic heterocycles. The molecule has 4 heteroatoms. The Hall–Kier alpha value is -0.870. The Morgan fingerprint density at radius 2 is 2.60 bits per heavy atom. The van der Waals surface area contributed by atoms with Gasteiger partial charge in [0.15, 0.2) is 0 Å². The van der Waals surface area contributed by atoms with Gasteiger partial charge in [0.05, 0.1) is 13.2 Å². The van der Waals surface area contributed by atoms with E-state index in [0.29, 0.717) is 5.92 Å². The van der Waals surface area contributed by atoms with Crippen LogP contribution in [-0.2, 0) is 11.3 Å². The number of nitrogens with zero attached hydrogens (tertiary/aromatic N) is 2. The minimum atomic E-state index is 0.717. The molecule has 15 heavy (non-hydrogen) atoms. The molecule has 1 unspecified atom stereocenters. The molecule has 0 aliphatic carbocycles. The Kier molecular flexibility index (Phi) is 3.75. The topological polar surface area (TPSA) is 39.1 Å². The Labute approximate surface area is 90.6 Å². The second-order valence-electron chi connectivity index (χ2n) is 4.10. The molecule has 2 rings (SSSR count). The Bertz CT molecular complexity index is 292. The fourth-order valence-corrected chi connectivity index (χ4v) is 1.91. The predicted molar refractivity (Wildman–Crippen MR) is 58.8 cm³/mol. The molecule has 1 saturated heterocycles. The molecule has 84 valence electrons.